The van der Waals surface area contributed by atoms with Gasteiger partial charge in [0.15, 0.2) is 19.0 Å². The Kier molecular flexibility index (Phi) is 4.56. The molecular formula is C7H9F6. The van der Waals surface area contributed by atoms with E-state index in [1.165, 1.54) is 0 Å². The van der Waals surface area contributed by atoms with E-state index in [1.54, 1.807) is 0 Å². The number of hydrogen-bond acceptors (Lipinski definition) is 0. The van der Waals surface area contributed by atoms with E-state index in [0.29, 0.717) is 0 Å². The average Bonchev–Trinajstić information content (AvgIpc) is 2.14. The van der Waals surface area contributed by atoms with Crippen LogP contribution in [0.4, 0.5) is 26.3 Å². The zero-order valence-electron chi connectivity index (χ0n) is 6.62. The Balaban J connectivity index is 4.32. The third kappa shape index (κ3) is 3.08. The highest BCUT2D eigenvalue weighted by molar-refractivity contribution is 4.87. The molecule has 79 valence electrons. The molecule has 3 atom stereocenters. The van der Waals surface area contributed by atoms with Gasteiger partial charge in [-0.2, -0.15) is 0 Å². The lowest BCUT2D eigenvalue weighted by Gasteiger charge is -2.22. The van der Waals surface area contributed by atoms with Crippen molar-refractivity contribution in [2.75, 3.05) is 6.67 Å². The first-order valence-corrected chi connectivity index (χ1v) is 3.52. The van der Waals surface area contributed by atoms with Crippen LogP contribution in [0.25, 0.3) is 0 Å². The maximum Gasteiger partial charge on any atom is 0.309 e. The van der Waals surface area contributed by atoms with Gasteiger partial charge in [-0.05, 0) is 6.42 Å². The molecule has 0 N–H and O–H groups in total. The highest BCUT2D eigenvalue weighted by Crippen LogP contribution is 2.29. The van der Waals surface area contributed by atoms with Crippen molar-refractivity contribution in [1.29, 1.82) is 0 Å². The average molecular weight is 207 g/mol. The van der Waals surface area contributed by atoms with Crippen molar-refractivity contribution in [3.05, 3.63) is 6.92 Å². The van der Waals surface area contributed by atoms with Crippen LogP contribution in [0.1, 0.15) is 6.42 Å². The predicted octanol–water partition coefficient (Wildman–Crippen LogP) is 2.83. The van der Waals surface area contributed by atoms with Crippen LogP contribution in [0.2, 0.25) is 0 Å². The van der Waals surface area contributed by atoms with E-state index in [1.807, 2.05) is 0 Å². The van der Waals surface area contributed by atoms with Gasteiger partial charge in [-0.1, -0.05) is 6.92 Å². The number of rotatable bonds is 5. The molecule has 0 heterocycles. The van der Waals surface area contributed by atoms with Crippen LogP contribution in [0, 0.1) is 6.92 Å². The molecule has 2 unspecified atom stereocenters. The molecule has 0 aliphatic heterocycles. The van der Waals surface area contributed by atoms with E-state index in [0.717, 1.165) is 0 Å². The van der Waals surface area contributed by atoms with Gasteiger partial charge in [0.05, 0.1) is 0 Å². The minimum absolute atomic E-state index is 0.677. The van der Waals surface area contributed by atoms with Crippen LogP contribution in [-0.4, -0.2) is 31.1 Å². The summed E-state index contributed by atoms with van der Waals surface area (Å²) in [5.41, 5.74) is 0. The molecule has 0 aromatic heterocycles. The topological polar surface area (TPSA) is 0 Å². The zero-order chi connectivity index (χ0) is 10.6. The van der Waals surface area contributed by atoms with Crippen molar-refractivity contribution in [2.24, 2.45) is 0 Å². The summed E-state index contributed by atoms with van der Waals surface area (Å²) in [5.74, 6) is -4.47. The summed E-state index contributed by atoms with van der Waals surface area (Å²) in [6, 6.07) is 0. The van der Waals surface area contributed by atoms with Crippen molar-refractivity contribution in [3.8, 4) is 0 Å². The van der Waals surface area contributed by atoms with Crippen molar-refractivity contribution in [2.45, 2.75) is 30.9 Å². The summed E-state index contributed by atoms with van der Waals surface area (Å²) in [7, 11) is 0. The highest BCUT2D eigenvalue weighted by atomic mass is 19.3. The highest BCUT2D eigenvalue weighted by Gasteiger charge is 2.48. The fraction of sp³-hybridized carbons (Fsp3) is 0.857. The molecule has 0 aromatic carbocycles. The fourth-order valence-electron chi connectivity index (χ4n) is 0.649. The van der Waals surface area contributed by atoms with Crippen molar-refractivity contribution >= 4 is 0 Å². The van der Waals surface area contributed by atoms with Crippen LogP contribution in [0.15, 0.2) is 0 Å². The molecule has 1 radical (unpaired) electrons. The molecule has 0 fully saturated rings. The van der Waals surface area contributed by atoms with Gasteiger partial charge in [0, 0.05) is 0 Å². The van der Waals surface area contributed by atoms with Crippen LogP contribution >= 0.6 is 0 Å². The standard InChI is InChI=1S/C7H9F6/c1-2-4(9)5(10)6(11)7(12,13)3-8/h4-6H,1-3H2/t4?,5?,6-/m0/s1. The molecule has 0 saturated heterocycles. The molecule has 0 spiro atoms. The number of alkyl halides is 6. The molecule has 0 saturated carbocycles. The van der Waals surface area contributed by atoms with Crippen molar-refractivity contribution in [3.63, 3.8) is 0 Å². The molecule has 0 aliphatic carbocycles. The van der Waals surface area contributed by atoms with Gasteiger partial charge < -0.3 is 0 Å². The maximum atomic E-state index is 12.4. The SMILES string of the molecule is [CH2]CC(F)C(F)[C@H](F)C(F)(F)CF. The first-order valence-electron chi connectivity index (χ1n) is 3.52. The van der Waals surface area contributed by atoms with Crippen LogP contribution in [0.5, 0.6) is 0 Å². The van der Waals surface area contributed by atoms with E-state index >= 15 is 0 Å². The molecule has 0 aliphatic rings. The summed E-state index contributed by atoms with van der Waals surface area (Å²) in [6.07, 6.45) is -9.62. The lowest BCUT2D eigenvalue weighted by atomic mass is 10.1. The molecule has 13 heavy (non-hydrogen) atoms. The molecule has 0 nitrogen and oxygen atoms in total. The Morgan fingerprint density at radius 3 is 1.92 bits per heavy atom. The Hall–Kier alpha value is -0.420. The minimum atomic E-state index is -4.47. The second kappa shape index (κ2) is 4.72. The molecule has 0 amide bonds. The molecule has 0 aromatic rings. The maximum absolute atomic E-state index is 12.4. The van der Waals surface area contributed by atoms with Gasteiger partial charge >= 0.3 is 5.92 Å². The summed E-state index contributed by atoms with van der Waals surface area (Å²) in [5, 5.41) is 0. The second-order valence-corrected chi connectivity index (χ2v) is 2.55. The summed E-state index contributed by atoms with van der Waals surface area (Å²) < 4.78 is 72.8. The van der Waals surface area contributed by atoms with E-state index in [4.69, 9.17) is 0 Å². The predicted molar refractivity (Wildman–Crippen MR) is 35.6 cm³/mol. The van der Waals surface area contributed by atoms with Gasteiger partial charge in [0.1, 0.15) is 6.17 Å². The smallest absolute Gasteiger partial charge is 0.244 e. The Labute approximate surface area is 71.9 Å². The summed E-state index contributed by atoms with van der Waals surface area (Å²) in [4.78, 5) is 0. The van der Waals surface area contributed by atoms with E-state index in [2.05, 4.69) is 6.92 Å². The quantitative estimate of drug-likeness (QED) is 0.608. The third-order valence-electron chi connectivity index (χ3n) is 1.48. The zero-order valence-corrected chi connectivity index (χ0v) is 6.62. The number of halogens is 6. The van der Waals surface area contributed by atoms with E-state index in [9.17, 15) is 26.3 Å². The van der Waals surface area contributed by atoms with E-state index in [-0.39, 0.29) is 0 Å². The fourth-order valence-corrected chi connectivity index (χ4v) is 0.649. The number of hydrogen-bond donors (Lipinski definition) is 0. The van der Waals surface area contributed by atoms with Crippen LogP contribution < -0.4 is 0 Å². The largest absolute Gasteiger partial charge is 0.309 e. The normalized spacial score (nSPS) is 19.6. The van der Waals surface area contributed by atoms with Gasteiger partial charge in [-0.25, -0.2) is 26.3 Å². The third-order valence-corrected chi connectivity index (χ3v) is 1.48. The Bertz CT molecular complexity index is 148. The lowest BCUT2D eigenvalue weighted by molar-refractivity contribution is -0.122. The van der Waals surface area contributed by atoms with Gasteiger partial charge in [-0.3, -0.25) is 0 Å². The minimum Gasteiger partial charge on any atom is -0.244 e. The first kappa shape index (κ1) is 12.6. The monoisotopic (exact) mass is 207 g/mol. The Morgan fingerprint density at radius 2 is 1.62 bits per heavy atom. The van der Waals surface area contributed by atoms with Crippen molar-refractivity contribution in [1.82, 2.24) is 0 Å². The second-order valence-electron chi connectivity index (χ2n) is 2.55. The summed E-state index contributed by atoms with van der Waals surface area (Å²) >= 11 is 0. The lowest BCUT2D eigenvalue weighted by Crippen LogP contribution is -2.43. The summed E-state index contributed by atoms with van der Waals surface area (Å²) in [6.45, 7) is 0.528. The van der Waals surface area contributed by atoms with Gasteiger partial charge in [0.25, 0.3) is 0 Å². The van der Waals surface area contributed by atoms with Crippen molar-refractivity contribution < 1.29 is 26.3 Å². The Morgan fingerprint density at radius 1 is 1.15 bits per heavy atom. The van der Waals surface area contributed by atoms with E-state index < -0.39 is 37.5 Å². The van der Waals surface area contributed by atoms with Crippen LogP contribution in [0.3, 0.4) is 0 Å². The molecule has 6 heteroatoms. The molecular weight excluding hydrogens is 198 g/mol. The molecule has 0 bridgehead atoms. The van der Waals surface area contributed by atoms with Gasteiger partial charge in [-0.15, -0.1) is 0 Å². The van der Waals surface area contributed by atoms with Gasteiger partial charge in [0.2, 0.25) is 0 Å². The first-order chi connectivity index (χ1) is 5.86. The van der Waals surface area contributed by atoms with Crippen LogP contribution in [-0.2, 0) is 0 Å². The molecule has 0 rings (SSSR count).